The van der Waals surface area contributed by atoms with E-state index in [2.05, 4.69) is 266 Å². The molecule has 0 saturated carbocycles. The third kappa shape index (κ3) is 6.33. The summed E-state index contributed by atoms with van der Waals surface area (Å²) in [5.41, 5.74) is 19.8. The molecule has 382 valence electrons. The van der Waals surface area contributed by atoms with Gasteiger partial charge in [0.25, 0.3) is 0 Å². The van der Waals surface area contributed by atoms with Crippen molar-refractivity contribution in [1.82, 2.24) is 0 Å². The average Bonchev–Trinajstić information content (AvgIpc) is 3.15. The van der Waals surface area contributed by atoms with Gasteiger partial charge in [0.15, 0.2) is 16.7 Å². The van der Waals surface area contributed by atoms with Crippen LogP contribution < -0.4 is 9.80 Å². The summed E-state index contributed by atoms with van der Waals surface area (Å²) in [6.07, 6.45) is 0. The standard InChI is InChI=1S/C75H48N2O4/c1-45-23-9-15-35-57(45)76(59-37-21-33-51-49-29-11-17-39-63(49)78-71(51)59)61-43-56-70(74-67(61)53-31-13-19-41-65(53)81-74)69-55(75(56,47-25-5-3-6-26-47)48-27-7-4-8-28-48)44-62(73-68(69)54-32-14-20-42-66(54)80-73)77(58-36-16-10-24-46(58)2)60-38-22-34-52-50-30-12-18-40-64(50)79-72(52)60/h3-44H,1-2H3. The second kappa shape index (κ2) is 17.2. The second-order valence-corrected chi connectivity index (χ2v) is 21.5. The van der Waals surface area contributed by atoms with E-state index in [9.17, 15) is 0 Å². The number of nitrogens with zero attached hydrogens (tertiary/aromatic N) is 2. The number of aryl methyl sites for hydroxylation is 2. The van der Waals surface area contributed by atoms with Crippen molar-refractivity contribution in [3.8, 4) is 11.1 Å². The van der Waals surface area contributed by atoms with E-state index in [0.717, 1.165) is 166 Å². The molecule has 0 atom stereocenters. The first kappa shape index (κ1) is 45.5. The highest BCUT2D eigenvalue weighted by Gasteiger charge is 2.51. The lowest BCUT2D eigenvalue weighted by atomic mass is 9.67. The van der Waals surface area contributed by atoms with Gasteiger partial charge in [0, 0.05) is 60.2 Å². The fraction of sp³-hybridized carbons (Fsp3) is 0.0400. The molecule has 16 aromatic rings. The zero-order chi connectivity index (χ0) is 53.5. The Labute approximate surface area is 465 Å². The van der Waals surface area contributed by atoms with Crippen LogP contribution in [0.2, 0.25) is 0 Å². The van der Waals surface area contributed by atoms with Crippen molar-refractivity contribution in [2.75, 3.05) is 9.80 Å². The molecule has 12 aromatic carbocycles. The van der Waals surface area contributed by atoms with Crippen molar-refractivity contribution in [2.45, 2.75) is 19.3 Å². The highest BCUT2D eigenvalue weighted by atomic mass is 16.3. The molecule has 0 amide bonds. The normalized spacial score (nSPS) is 12.9. The van der Waals surface area contributed by atoms with E-state index >= 15 is 0 Å². The summed E-state index contributed by atoms with van der Waals surface area (Å²) in [4.78, 5) is 4.81. The lowest BCUT2D eigenvalue weighted by molar-refractivity contribution is 0.666. The highest BCUT2D eigenvalue weighted by Crippen LogP contribution is 2.65. The van der Waals surface area contributed by atoms with Crippen molar-refractivity contribution in [3.63, 3.8) is 0 Å². The van der Waals surface area contributed by atoms with Crippen LogP contribution in [0.1, 0.15) is 33.4 Å². The van der Waals surface area contributed by atoms with Gasteiger partial charge in [-0.15, -0.1) is 0 Å². The van der Waals surface area contributed by atoms with Crippen molar-refractivity contribution in [3.05, 3.63) is 288 Å². The van der Waals surface area contributed by atoms with Crippen molar-refractivity contribution in [1.29, 1.82) is 0 Å². The maximum absolute atomic E-state index is 7.59. The minimum absolute atomic E-state index is 0.751. The van der Waals surface area contributed by atoms with E-state index in [-0.39, 0.29) is 0 Å². The van der Waals surface area contributed by atoms with E-state index in [1.54, 1.807) is 0 Å². The fourth-order valence-corrected chi connectivity index (χ4v) is 13.7. The van der Waals surface area contributed by atoms with Crippen LogP contribution in [0.4, 0.5) is 34.1 Å². The van der Waals surface area contributed by atoms with Crippen LogP contribution in [0.15, 0.2) is 272 Å². The Bertz CT molecular complexity index is 5190. The van der Waals surface area contributed by atoms with Crippen molar-refractivity contribution >= 4 is 122 Å². The molecule has 4 aromatic heterocycles. The first-order chi connectivity index (χ1) is 40.0. The molecule has 81 heavy (non-hydrogen) atoms. The molecular weight excluding hydrogens is 993 g/mol. The van der Waals surface area contributed by atoms with Crippen LogP contribution in [0.3, 0.4) is 0 Å². The van der Waals surface area contributed by atoms with Crippen molar-refractivity contribution < 1.29 is 17.7 Å². The number of hydrogen-bond acceptors (Lipinski definition) is 6. The van der Waals surface area contributed by atoms with Crippen LogP contribution in [-0.4, -0.2) is 0 Å². The molecule has 0 spiro atoms. The lowest BCUT2D eigenvalue weighted by Crippen LogP contribution is -2.29. The molecule has 0 aliphatic heterocycles. The average molecular weight is 1040 g/mol. The highest BCUT2D eigenvalue weighted by molar-refractivity contribution is 6.27. The van der Waals surface area contributed by atoms with Crippen LogP contribution in [0, 0.1) is 13.8 Å². The first-order valence-corrected chi connectivity index (χ1v) is 27.7. The Balaban J connectivity index is 1.09. The van der Waals surface area contributed by atoms with Crippen LogP contribution in [-0.2, 0) is 5.41 Å². The minimum atomic E-state index is -0.956. The maximum atomic E-state index is 7.59. The molecule has 6 nitrogen and oxygen atoms in total. The van der Waals surface area contributed by atoms with Gasteiger partial charge in [-0.05, 0) is 108 Å². The molecule has 0 bridgehead atoms. The van der Waals surface area contributed by atoms with Gasteiger partial charge in [-0.2, -0.15) is 0 Å². The number of para-hydroxylation sites is 8. The maximum Gasteiger partial charge on any atom is 0.160 e. The number of anilines is 6. The SMILES string of the molecule is Cc1ccccc1N(c1cccc2c1oc1ccccc12)c1cc2c(c3c1oc1ccccc13)-c1c(cc(N(c3ccccc3C)c3cccc4c3oc3ccccc34)c3c1oc1ccccc13)C2(c1ccccc1)c1ccccc1. The van der Waals surface area contributed by atoms with Gasteiger partial charge in [0.05, 0.1) is 33.6 Å². The largest absolute Gasteiger partial charge is 0.455 e. The summed E-state index contributed by atoms with van der Waals surface area (Å²) in [6, 6.07) is 91.0. The number of benzene rings is 12. The summed E-state index contributed by atoms with van der Waals surface area (Å²) in [5, 5.41) is 8.22. The third-order valence-corrected chi connectivity index (χ3v) is 17.2. The van der Waals surface area contributed by atoms with E-state index in [4.69, 9.17) is 17.7 Å². The van der Waals surface area contributed by atoms with E-state index in [1.807, 2.05) is 12.1 Å². The summed E-state index contributed by atoms with van der Waals surface area (Å²) >= 11 is 0. The number of furan rings is 4. The molecule has 0 N–H and O–H groups in total. The predicted molar refractivity (Wildman–Crippen MR) is 332 cm³/mol. The summed E-state index contributed by atoms with van der Waals surface area (Å²) in [5.74, 6) is 0. The molecule has 0 fully saturated rings. The number of rotatable bonds is 8. The molecule has 6 heteroatoms. The molecule has 4 heterocycles. The molecule has 0 radical (unpaired) electrons. The minimum Gasteiger partial charge on any atom is -0.455 e. The monoisotopic (exact) mass is 1040 g/mol. The van der Waals surface area contributed by atoms with Crippen LogP contribution in [0.25, 0.3) is 98.9 Å². The molecule has 1 aliphatic rings. The Hall–Kier alpha value is -10.6. The van der Waals surface area contributed by atoms with Gasteiger partial charge in [0.2, 0.25) is 0 Å². The molecule has 17 rings (SSSR count). The van der Waals surface area contributed by atoms with E-state index in [1.165, 1.54) is 0 Å². The zero-order valence-electron chi connectivity index (χ0n) is 44.3. The van der Waals surface area contributed by atoms with Crippen LogP contribution in [0.5, 0.6) is 0 Å². The smallest absolute Gasteiger partial charge is 0.160 e. The first-order valence-electron chi connectivity index (χ1n) is 27.7. The quantitative estimate of drug-likeness (QED) is 0.151. The van der Waals surface area contributed by atoms with Gasteiger partial charge in [-0.1, -0.05) is 194 Å². The van der Waals surface area contributed by atoms with Gasteiger partial charge >= 0.3 is 0 Å². The predicted octanol–water partition coefficient (Wildman–Crippen LogP) is 21.2. The Morgan fingerprint density at radius 3 is 1.17 bits per heavy atom. The molecular formula is C75H48N2O4. The topological polar surface area (TPSA) is 59.0 Å². The third-order valence-electron chi connectivity index (χ3n) is 17.2. The summed E-state index contributed by atoms with van der Waals surface area (Å²) in [7, 11) is 0. The Morgan fingerprint density at radius 1 is 0.272 bits per heavy atom. The van der Waals surface area contributed by atoms with E-state index in [0.29, 0.717) is 0 Å². The van der Waals surface area contributed by atoms with Crippen LogP contribution >= 0.6 is 0 Å². The number of hydrogen-bond donors (Lipinski definition) is 0. The second-order valence-electron chi connectivity index (χ2n) is 21.5. The summed E-state index contributed by atoms with van der Waals surface area (Å²) in [6.45, 7) is 4.38. The molecule has 0 saturated heterocycles. The number of fused-ring (bicyclic) bond motifs is 17. The fourth-order valence-electron chi connectivity index (χ4n) is 13.7. The summed E-state index contributed by atoms with van der Waals surface area (Å²) < 4.78 is 29.0. The van der Waals surface area contributed by atoms with Gasteiger partial charge in [0.1, 0.15) is 27.9 Å². The Morgan fingerprint density at radius 2 is 0.642 bits per heavy atom. The lowest BCUT2D eigenvalue weighted by Gasteiger charge is -2.36. The molecule has 1 aliphatic carbocycles. The Kier molecular flexibility index (Phi) is 9.66. The molecule has 0 unspecified atom stereocenters. The van der Waals surface area contributed by atoms with Gasteiger partial charge in [-0.25, -0.2) is 0 Å². The van der Waals surface area contributed by atoms with Gasteiger partial charge in [-0.3, -0.25) is 0 Å². The van der Waals surface area contributed by atoms with E-state index < -0.39 is 5.41 Å². The van der Waals surface area contributed by atoms with Crippen molar-refractivity contribution in [2.24, 2.45) is 0 Å². The zero-order valence-corrected chi connectivity index (χ0v) is 44.3. The van der Waals surface area contributed by atoms with Gasteiger partial charge < -0.3 is 27.5 Å².